The van der Waals surface area contributed by atoms with Crippen molar-refractivity contribution in [1.82, 2.24) is 10.2 Å². The topological polar surface area (TPSA) is 49.4 Å². The third kappa shape index (κ3) is 2.84. The van der Waals surface area contributed by atoms with Crippen molar-refractivity contribution >= 4 is 11.8 Å². The van der Waals surface area contributed by atoms with Crippen molar-refractivity contribution in [2.75, 3.05) is 13.1 Å². The molecule has 1 rings (SSSR count). The Labute approximate surface area is 96.7 Å². The van der Waals surface area contributed by atoms with Gasteiger partial charge >= 0.3 is 0 Å². The van der Waals surface area contributed by atoms with Crippen LogP contribution in [0.15, 0.2) is 12.7 Å². The van der Waals surface area contributed by atoms with Crippen molar-refractivity contribution in [3.05, 3.63) is 12.7 Å². The minimum absolute atomic E-state index is 0.0425. The molecule has 90 valence electrons. The van der Waals surface area contributed by atoms with Crippen LogP contribution in [0.4, 0.5) is 0 Å². The van der Waals surface area contributed by atoms with Gasteiger partial charge in [0.05, 0.1) is 5.92 Å². The summed E-state index contributed by atoms with van der Waals surface area (Å²) >= 11 is 0. The van der Waals surface area contributed by atoms with E-state index in [2.05, 4.69) is 11.9 Å². The normalized spacial score (nSPS) is 22.0. The lowest BCUT2D eigenvalue weighted by Crippen LogP contribution is -2.36. The zero-order valence-electron chi connectivity index (χ0n) is 10.0. The van der Waals surface area contributed by atoms with Gasteiger partial charge in [-0.15, -0.1) is 6.58 Å². The van der Waals surface area contributed by atoms with E-state index in [0.29, 0.717) is 19.5 Å². The molecule has 1 aliphatic rings. The summed E-state index contributed by atoms with van der Waals surface area (Å²) in [4.78, 5) is 25.2. The second-order valence-electron chi connectivity index (χ2n) is 4.24. The van der Waals surface area contributed by atoms with Crippen LogP contribution in [0.5, 0.6) is 0 Å². The van der Waals surface area contributed by atoms with Crippen LogP contribution in [0, 0.1) is 5.92 Å². The zero-order valence-corrected chi connectivity index (χ0v) is 10.0. The smallest absolute Gasteiger partial charge is 0.225 e. The Kier molecular flexibility index (Phi) is 4.52. The predicted octanol–water partition coefficient (Wildman–Crippen LogP) is 0.936. The van der Waals surface area contributed by atoms with E-state index in [9.17, 15) is 9.59 Å². The molecule has 1 fully saturated rings. The highest BCUT2D eigenvalue weighted by Gasteiger charge is 2.35. The number of nitrogens with zero attached hydrogens (tertiary/aromatic N) is 1. The van der Waals surface area contributed by atoms with Crippen LogP contribution < -0.4 is 5.32 Å². The van der Waals surface area contributed by atoms with Gasteiger partial charge in [-0.05, 0) is 13.3 Å². The first-order valence-electron chi connectivity index (χ1n) is 5.78. The summed E-state index contributed by atoms with van der Waals surface area (Å²) in [6, 6.07) is 0.227. The maximum Gasteiger partial charge on any atom is 0.225 e. The zero-order chi connectivity index (χ0) is 12.1. The maximum atomic E-state index is 11.7. The quantitative estimate of drug-likeness (QED) is 0.706. The Morgan fingerprint density at radius 2 is 2.44 bits per heavy atom. The van der Waals surface area contributed by atoms with E-state index in [1.165, 1.54) is 0 Å². The molecule has 0 radical (unpaired) electrons. The summed E-state index contributed by atoms with van der Waals surface area (Å²) in [5.41, 5.74) is 0. The molecule has 1 saturated heterocycles. The van der Waals surface area contributed by atoms with E-state index >= 15 is 0 Å². The number of carbonyl (C=O) groups excluding carboxylic acids is 2. The van der Waals surface area contributed by atoms with Crippen molar-refractivity contribution < 1.29 is 9.59 Å². The van der Waals surface area contributed by atoms with Gasteiger partial charge in [0, 0.05) is 25.6 Å². The van der Waals surface area contributed by atoms with Gasteiger partial charge in [-0.25, -0.2) is 0 Å². The van der Waals surface area contributed by atoms with Crippen molar-refractivity contribution in [2.24, 2.45) is 5.92 Å². The van der Waals surface area contributed by atoms with Gasteiger partial charge in [-0.1, -0.05) is 13.0 Å². The molecule has 16 heavy (non-hydrogen) atoms. The minimum Gasteiger partial charge on any atom is -0.352 e. The summed E-state index contributed by atoms with van der Waals surface area (Å²) in [5.74, 6) is -0.145. The van der Waals surface area contributed by atoms with E-state index in [0.717, 1.165) is 6.42 Å². The second-order valence-corrected chi connectivity index (χ2v) is 4.24. The van der Waals surface area contributed by atoms with Gasteiger partial charge in [0.1, 0.15) is 0 Å². The van der Waals surface area contributed by atoms with Crippen molar-refractivity contribution in [3.8, 4) is 0 Å². The molecule has 1 aliphatic heterocycles. The SMILES string of the molecule is C=CCNC(=O)C1CC(=O)N(C(C)CC)C1. The molecule has 0 aromatic carbocycles. The van der Waals surface area contributed by atoms with E-state index < -0.39 is 0 Å². The average Bonchev–Trinajstić information content (AvgIpc) is 2.67. The molecule has 0 aliphatic carbocycles. The first-order valence-corrected chi connectivity index (χ1v) is 5.78. The molecule has 2 atom stereocenters. The number of carbonyl (C=O) groups is 2. The van der Waals surface area contributed by atoms with Crippen LogP contribution >= 0.6 is 0 Å². The largest absolute Gasteiger partial charge is 0.352 e. The summed E-state index contributed by atoms with van der Waals surface area (Å²) in [7, 11) is 0. The van der Waals surface area contributed by atoms with Crippen LogP contribution in [0.25, 0.3) is 0 Å². The van der Waals surface area contributed by atoms with Gasteiger partial charge in [0.2, 0.25) is 11.8 Å². The fraction of sp³-hybridized carbons (Fsp3) is 0.667. The molecule has 0 saturated carbocycles. The van der Waals surface area contributed by atoms with Gasteiger partial charge in [0.15, 0.2) is 0 Å². The molecule has 0 bridgehead atoms. The second kappa shape index (κ2) is 5.68. The lowest BCUT2D eigenvalue weighted by Gasteiger charge is -2.23. The first kappa shape index (κ1) is 12.7. The van der Waals surface area contributed by atoms with Crippen LogP contribution in [0.2, 0.25) is 0 Å². The molecule has 2 amide bonds. The number of hydrogen-bond acceptors (Lipinski definition) is 2. The van der Waals surface area contributed by atoms with E-state index in [4.69, 9.17) is 0 Å². The molecular formula is C12H20N2O2. The Bertz CT molecular complexity index is 289. The Balaban J connectivity index is 2.52. The van der Waals surface area contributed by atoms with E-state index in [-0.39, 0.29) is 23.8 Å². The van der Waals surface area contributed by atoms with Gasteiger partial charge in [-0.2, -0.15) is 0 Å². The monoisotopic (exact) mass is 224 g/mol. The number of likely N-dealkylation sites (tertiary alicyclic amines) is 1. The molecular weight excluding hydrogens is 204 g/mol. The summed E-state index contributed by atoms with van der Waals surface area (Å²) in [6.45, 7) is 8.62. The first-order chi connectivity index (χ1) is 7.60. The van der Waals surface area contributed by atoms with Crippen molar-refractivity contribution in [1.29, 1.82) is 0 Å². The third-order valence-corrected chi connectivity index (χ3v) is 3.07. The van der Waals surface area contributed by atoms with E-state index in [1.807, 2.05) is 13.8 Å². The summed E-state index contributed by atoms with van der Waals surface area (Å²) < 4.78 is 0. The number of hydrogen-bond donors (Lipinski definition) is 1. The van der Waals surface area contributed by atoms with Gasteiger partial charge in [-0.3, -0.25) is 9.59 Å². The molecule has 4 heteroatoms. The molecule has 4 nitrogen and oxygen atoms in total. The van der Waals surface area contributed by atoms with Crippen LogP contribution in [0.3, 0.4) is 0 Å². The predicted molar refractivity (Wildman–Crippen MR) is 62.8 cm³/mol. The Morgan fingerprint density at radius 1 is 1.75 bits per heavy atom. The third-order valence-electron chi connectivity index (χ3n) is 3.07. The average molecular weight is 224 g/mol. The number of rotatable bonds is 5. The van der Waals surface area contributed by atoms with Crippen molar-refractivity contribution in [3.63, 3.8) is 0 Å². The molecule has 0 aromatic rings. The standard InChI is InChI=1S/C12H20N2O2/c1-4-6-13-12(16)10-7-11(15)14(8-10)9(3)5-2/h4,9-10H,1,5-8H2,2-3H3,(H,13,16). The summed E-state index contributed by atoms with van der Waals surface area (Å²) in [5, 5.41) is 2.74. The van der Waals surface area contributed by atoms with Gasteiger partial charge in [0.25, 0.3) is 0 Å². The lowest BCUT2D eigenvalue weighted by molar-refractivity contribution is -0.130. The highest BCUT2D eigenvalue weighted by Crippen LogP contribution is 2.21. The summed E-state index contributed by atoms with van der Waals surface area (Å²) in [6.07, 6.45) is 2.90. The molecule has 1 N–H and O–H groups in total. The van der Waals surface area contributed by atoms with Crippen LogP contribution in [-0.2, 0) is 9.59 Å². The van der Waals surface area contributed by atoms with Gasteiger partial charge < -0.3 is 10.2 Å². The number of nitrogens with one attached hydrogen (secondary N) is 1. The maximum absolute atomic E-state index is 11.7. The highest BCUT2D eigenvalue weighted by atomic mass is 16.2. The van der Waals surface area contributed by atoms with E-state index in [1.54, 1.807) is 11.0 Å². The highest BCUT2D eigenvalue weighted by molar-refractivity contribution is 5.89. The Morgan fingerprint density at radius 3 is 3.00 bits per heavy atom. The number of amides is 2. The van der Waals surface area contributed by atoms with Crippen LogP contribution in [-0.4, -0.2) is 35.8 Å². The molecule has 1 heterocycles. The Hall–Kier alpha value is -1.32. The van der Waals surface area contributed by atoms with Crippen molar-refractivity contribution in [2.45, 2.75) is 32.7 Å². The lowest BCUT2D eigenvalue weighted by atomic mass is 10.1. The minimum atomic E-state index is -0.193. The molecule has 0 aromatic heterocycles. The van der Waals surface area contributed by atoms with Crippen LogP contribution in [0.1, 0.15) is 26.7 Å². The fourth-order valence-electron chi connectivity index (χ4n) is 1.87. The molecule has 2 unspecified atom stereocenters. The fourth-order valence-corrected chi connectivity index (χ4v) is 1.87. The molecule has 0 spiro atoms.